The van der Waals surface area contributed by atoms with Crippen molar-refractivity contribution in [3.8, 4) is 11.5 Å². The van der Waals surface area contributed by atoms with Gasteiger partial charge in [0.2, 0.25) is 0 Å². The number of fused-ring (bicyclic) bond motifs is 4. The van der Waals surface area contributed by atoms with Gasteiger partial charge in [-0.1, -0.05) is 84.9 Å². The lowest BCUT2D eigenvalue weighted by molar-refractivity contribution is -0.00699. The van der Waals surface area contributed by atoms with Gasteiger partial charge in [0.15, 0.2) is 0 Å². The first kappa shape index (κ1) is 29.5. The number of rotatable bonds is 2. The normalized spacial score (nSPS) is 18.2. The fourth-order valence-corrected chi connectivity index (χ4v) is 4.80. The predicted molar refractivity (Wildman–Crippen MR) is 165 cm³/mol. The van der Waals surface area contributed by atoms with Crippen LogP contribution in [-0.4, -0.2) is 66.1 Å². The summed E-state index contributed by atoms with van der Waals surface area (Å²) in [5.41, 5.74) is 6.55. The van der Waals surface area contributed by atoms with Crippen LogP contribution in [0.15, 0.2) is 109 Å². The van der Waals surface area contributed by atoms with E-state index in [0.29, 0.717) is 66.1 Å². The van der Waals surface area contributed by atoms with E-state index in [9.17, 15) is 0 Å². The van der Waals surface area contributed by atoms with Crippen molar-refractivity contribution in [3.05, 3.63) is 131 Å². The Hall–Kier alpha value is -3.94. The molecule has 0 N–H and O–H groups in total. The van der Waals surface area contributed by atoms with Gasteiger partial charge in [-0.2, -0.15) is 0 Å². The minimum atomic E-state index is 0.446. The van der Waals surface area contributed by atoms with Crippen LogP contribution in [0.25, 0.3) is 11.1 Å². The lowest BCUT2D eigenvalue weighted by Crippen LogP contribution is -2.14. The smallest absolute Gasteiger partial charge is 0.120 e. The number of ether oxygens (including phenoxy) is 6. The van der Waals surface area contributed by atoms with Gasteiger partial charge in [0.05, 0.1) is 52.9 Å². The number of benzene rings is 4. The maximum absolute atomic E-state index is 6.11. The molecule has 4 bridgehead atoms. The molecular formula is C36H38O6. The Labute approximate surface area is 248 Å². The Bertz CT molecular complexity index is 1280. The topological polar surface area (TPSA) is 55.4 Å². The van der Waals surface area contributed by atoms with Gasteiger partial charge >= 0.3 is 0 Å². The van der Waals surface area contributed by atoms with E-state index in [4.69, 9.17) is 28.4 Å². The summed E-state index contributed by atoms with van der Waals surface area (Å²) >= 11 is 0. The molecule has 4 aromatic carbocycles. The second-order valence-electron chi connectivity index (χ2n) is 9.68. The molecule has 0 saturated carbocycles. The molecule has 0 spiro atoms. The molecular weight excluding hydrogens is 528 g/mol. The van der Waals surface area contributed by atoms with E-state index in [1.807, 2.05) is 36.4 Å². The third-order valence-electron chi connectivity index (χ3n) is 6.73. The van der Waals surface area contributed by atoms with Gasteiger partial charge in [-0.3, -0.25) is 0 Å². The monoisotopic (exact) mass is 566 g/mol. The lowest BCUT2D eigenvalue weighted by Gasteiger charge is -2.19. The van der Waals surface area contributed by atoms with E-state index >= 15 is 0 Å². The standard InChI is InChI=1S/C36H38O6/c1-3-9-29(10-4-1)35-31-13-7-15-33(27-31)41-25-23-39-21-19-37-17-18-38-20-22-40-24-26-42-34-16-8-14-32(28-34)36(35)30-11-5-2-6-12-30/h1-16,27-28H,17-26H2/b36-35-. The van der Waals surface area contributed by atoms with E-state index in [1.165, 1.54) is 0 Å². The first-order chi connectivity index (χ1) is 20.9. The van der Waals surface area contributed by atoms with Crippen molar-refractivity contribution in [3.63, 3.8) is 0 Å². The molecule has 0 radical (unpaired) electrons. The second-order valence-corrected chi connectivity index (χ2v) is 9.68. The third-order valence-corrected chi connectivity index (χ3v) is 6.73. The Kier molecular flexibility index (Phi) is 11.6. The molecule has 0 aliphatic carbocycles. The number of hydrogen-bond donors (Lipinski definition) is 0. The Morgan fingerprint density at radius 1 is 0.310 bits per heavy atom. The molecule has 0 atom stereocenters. The maximum Gasteiger partial charge on any atom is 0.120 e. The summed E-state index contributed by atoms with van der Waals surface area (Å²) in [7, 11) is 0. The molecule has 6 heteroatoms. The summed E-state index contributed by atoms with van der Waals surface area (Å²) in [5.74, 6) is 1.58. The van der Waals surface area contributed by atoms with E-state index in [0.717, 1.165) is 44.9 Å². The van der Waals surface area contributed by atoms with Gasteiger partial charge in [-0.25, -0.2) is 0 Å². The van der Waals surface area contributed by atoms with Crippen molar-refractivity contribution in [1.29, 1.82) is 0 Å². The SMILES string of the molecule is c1ccc(/C2=C(\c3ccccc3)c3cccc(c3)OCCOCCOCCOCCOCCOc3cccc2c3)cc1. The zero-order valence-electron chi connectivity index (χ0n) is 23.9. The summed E-state index contributed by atoms with van der Waals surface area (Å²) in [4.78, 5) is 0. The van der Waals surface area contributed by atoms with Crippen LogP contribution >= 0.6 is 0 Å². The van der Waals surface area contributed by atoms with Crippen molar-refractivity contribution >= 4 is 11.1 Å². The number of hydrogen-bond acceptors (Lipinski definition) is 6. The van der Waals surface area contributed by atoms with E-state index < -0.39 is 0 Å². The average Bonchev–Trinajstić information content (AvgIpc) is 3.04. The fourth-order valence-electron chi connectivity index (χ4n) is 4.80. The van der Waals surface area contributed by atoms with Crippen LogP contribution in [-0.2, 0) is 18.9 Å². The minimum Gasteiger partial charge on any atom is -0.491 e. The molecule has 42 heavy (non-hydrogen) atoms. The highest BCUT2D eigenvalue weighted by atomic mass is 16.6. The molecule has 4 aromatic rings. The van der Waals surface area contributed by atoms with E-state index in [-0.39, 0.29) is 0 Å². The van der Waals surface area contributed by atoms with Crippen molar-refractivity contribution < 1.29 is 28.4 Å². The van der Waals surface area contributed by atoms with Crippen LogP contribution in [0.2, 0.25) is 0 Å². The highest BCUT2D eigenvalue weighted by Crippen LogP contribution is 2.38. The molecule has 6 nitrogen and oxygen atoms in total. The fraction of sp³-hybridized carbons (Fsp3) is 0.278. The van der Waals surface area contributed by atoms with Crippen molar-refractivity contribution in [2.45, 2.75) is 0 Å². The predicted octanol–water partition coefficient (Wildman–Crippen LogP) is 6.53. The van der Waals surface area contributed by atoms with Crippen molar-refractivity contribution in [2.24, 2.45) is 0 Å². The molecule has 0 saturated heterocycles. The van der Waals surface area contributed by atoms with Gasteiger partial charge in [0.1, 0.15) is 24.7 Å². The average molecular weight is 567 g/mol. The quantitative estimate of drug-likeness (QED) is 0.275. The van der Waals surface area contributed by atoms with Gasteiger partial charge in [-0.05, 0) is 57.7 Å². The Morgan fingerprint density at radius 3 is 1.02 bits per heavy atom. The Balaban J connectivity index is 1.54. The summed E-state index contributed by atoms with van der Waals surface area (Å²) < 4.78 is 34.8. The van der Waals surface area contributed by atoms with E-state index in [1.54, 1.807) is 0 Å². The minimum absolute atomic E-state index is 0.446. The second kappa shape index (κ2) is 16.5. The first-order valence-electron chi connectivity index (χ1n) is 14.5. The van der Waals surface area contributed by atoms with Crippen LogP contribution in [0.5, 0.6) is 11.5 Å². The van der Waals surface area contributed by atoms with Gasteiger partial charge < -0.3 is 28.4 Å². The van der Waals surface area contributed by atoms with Gasteiger partial charge in [0, 0.05) is 0 Å². The van der Waals surface area contributed by atoms with Crippen molar-refractivity contribution in [1.82, 2.24) is 0 Å². The lowest BCUT2D eigenvalue weighted by atomic mass is 9.85. The first-order valence-corrected chi connectivity index (χ1v) is 14.5. The van der Waals surface area contributed by atoms with Crippen LogP contribution < -0.4 is 9.47 Å². The van der Waals surface area contributed by atoms with Gasteiger partial charge in [-0.15, -0.1) is 0 Å². The molecule has 0 fully saturated rings. The molecule has 0 amide bonds. The molecule has 5 rings (SSSR count). The molecule has 0 unspecified atom stereocenters. The summed E-state index contributed by atoms with van der Waals surface area (Å²) in [6.07, 6.45) is 0. The summed E-state index contributed by atoms with van der Waals surface area (Å²) in [6.45, 7) is 4.93. The zero-order chi connectivity index (χ0) is 28.7. The zero-order valence-corrected chi connectivity index (χ0v) is 23.9. The molecule has 1 aliphatic heterocycles. The van der Waals surface area contributed by atoms with Crippen LogP contribution in [0.4, 0.5) is 0 Å². The summed E-state index contributed by atoms with van der Waals surface area (Å²) in [6, 6.07) is 37.5. The summed E-state index contributed by atoms with van der Waals surface area (Å²) in [5, 5.41) is 0. The molecule has 0 aromatic heterocycles. The largest absolute Gasteiger partial charge is 0.491 e. The highest BCUT2D eigenvalue weighted by Gasteiger charge is 2.17. The molecule has 1 aliphatic rings. The Morgan fingerprint density at radius 2 is 0.643 bits per heavy atom. The van der Waals surface area contributed by atoms with Crippen molar-refractivity contribution in [2.75, 3.05) is 66.1 Å². The van der Waals surface area contributed by atoms with Crippen LogP contribution in [0.1, 0.15) is 22.3 Å². The third kappa shape index (κ3) is 8.78. The highest BCUT2D eigenvalue weighted by molar-refractivity contribution is 6.04. The van der Waals surface area contributed by atoms with Gasteiger partial charge in [0.25, 0.3) is 0 Å². The molecule has 1 heterocycles. The maximum atomic E-state index is 6.11. The molecule has 218 valence electrons. The van der Waals surface area contributed by atoms with Crippen LogP contribution in [0, 0.1) is 0 Å². The van der Waals surface area contributed by atoms with Crippen LogP contribution in [0.3, 0.4) is 0 Å². The van der Waals surface area contributed by atoms with E-state index in [2.05, 4.69) is 72.8 Å².